The summed E-state index contributed by atoms with van der Waals surface area (Å²) in [5.41, 5.74) is 1.07. The lowest BCUT2D eigenvalue weighted by Crippen LogP contribution is -2.52. The van der Waals surface area contributed by atoms with Crippen molar-refractivity contribution in [3.8, 4) is 11.8 Å². The number of esters is 1. The first kappa shape index (κ1) is 21.7. The summed E-state index contributed by atoms with van der Waals surface area (Å²) in [6, 6.07) is 7.71. The molecule has 0 bridgehead atoms. The Hall–Kier alpha value is -2.52. The van der Waals surface area contributed by atoms with Gasteiger partial charge in [-0.05, 0) is 89.1 Å². The van der Waals surface area contributed by atoms with E-state index in [-0.39, 0.29) is 30.5 Å². The minimum absolute atomic E-state index is 0.104. The number of hydrogen-bond donors (Lipinski definition) is 1. The molecule has 166 valence electrons. The highest BCUT2D eigenvalue weighted by Gasteiger charge is 2.55. The topological polar surface area (TPSA) is 70.1 Å². The van der Waals surface area contributed by atoms with Gasteiger partial charge in [0.1, 0.15) is 0 Å². The lowest BCUT2D eigenvalue weighted by molar-refractivity contribution is -0.163. The molecular formula is C25H32N2O4. The van der Waals surface area contributed by atoms with E-state index in [4.69, 9.17) is 4.74 Å². The van der Waals surface area contributed by atoms with E-state index in [0.717, 1.165) is 49.9 Å². The molecule has 1 unspecified atom stereocenters. The van der Waals surface area contributed by atoms with Gasteiger partial charge >= 0.3 is 12.1 Å². The Labute approximate surface area is 184 Å². The summed E-state index contributed by atoms with van der Waals surface area (Å²) in [5, 5.41) is 9.78. The van der Waals surface area contributed by atoms with Crippen LogP contribution in [-0.2, 0) is 9.53 Å². The van der Waals surface area contributed by atoms with Crippen molar-refractivity contribution < 1.29 is 19.4 Å². The Kier molecular flexibility index (Phi) is 6.24. The fourth-order valence-corrected chi connectivity index (χ4v) is 5.66. The molecule has 0 spiro atoms. The van der Waals surface area contributed by atoms with Crippen LogP contribution in [0.5, 0.6) is 0 Å². The number of ether oxygens (including phenoxy) is 1. The second kappa shape index (κ2) is 8.92. The first-order valence-corrected chi connectivity index (χ1v) is 11.4. The molecule has 1 N–H and O–H groups in total. The number of nitrogens with zero attached hydrogens (tertiary/aromatic N) is 2. The van der Waals surface area contributed by atoms with Gasteiger partial charge in [-0.15, -0.1) is 0 Å². The van der Waals surface area contributed by atoms with E-state index < -0.39 is 11.7 Å². The average Bonchev–Trinajstić information content (AvgIpc) is 3.34. The average molecular weight is 425 g/mol. The molecule has 31 heavy (non-hydrogen) atoms. The molecule has 2 heterocycles. The molecule has 1 amide bonds. The fraction of sp³-hybridized carbons (Fsp3) is 0.600. The van der Waals surface area contributed by atoms with Crippen LogP contribution in [0.15, 0.2) is 24.3 Å². The quantitative estimate of drug-likeness (QED) is 0.592. The molecule has 1 aliphatic carbocycles. The normalized spacial score (nSPS) is 30.4. The number of carboxylic acid groups (broad SMARTS) is 1. The second-order valence-corrected chi connectivity index (χ2v) is 9.31. The largest absolute Gasteiger partial charge is 0.465 e. The van der Waals surface area contributed by atoms with Crippen molar-refractivity contribution in [1.29, 1.82) is 0 Å². The van der Waals surface area contributed by atoms with Gasteiger partial charge in [-0.25, -0.2) is 4.79 Å². The zero-order valence-corrected chi connectivity index (χ0v) is 18.5. The van der Waals surface area contributed by atoms with Crippen LogP contribution in [0.25, 0.3) is 0 Å². The van der Waals surface area contributed by atoms with E-state index in [1.54, 1.807) is 4.90 Å². The van der Waals surface area contributed by atoms with Gasteiger partial charge in [0.2, 0.25) is 0 Å². The van der Waals surface area contributed by atoms with Crippen molar-refractivity contribution in [2.75, 3.05) is 19.6 Å². The highest BCUT2D eigenvalue weighted by Crippen LogP contribution is 2.47. The third kappa shape index (κ3) is 4.57. The van der Waals surface area contributed by atoms with Crippen molar-refractivity contribution >= 4 is 12.1 Å². The monoisotopic (exact) mass is 424 g/mol. The molecule has 2 saturated heterocycles. The Bertz CT molecular complexity index is 898. The summed E-state index contributed by atoms with van der Waals surface area (Å²) < 4.78 is 6.21. The number of aryl methyl sites for hydroxylation is 1. The third-order valence-corrected chi connectivity index (χ3v) is 7.04. The Morgan fingerprint density at radius 2 is 2.03 bits per heavy atom. The molecule has 4 rings (SSSR count). The standard InChI is InChI=1S/C25H32N2O4/c1-18-7-5-8-20(15-18)10-12-25(31-23(28)17-26-13-3-4-14-26)11-6-9-22-21(25)16-19(2)27(22)24(29)30/h5,7-8,15,19,21-22H,3-4,6,9,11,13-14,16-17H2,1-2H3,(H,29,30)/t19?,21-,22-,25-/m1/s1. The number of carbonyl (C=O) groups excluding carboxylic acids is 1. The van der Waals surface area contributed by atoms with Gasteiger partial charge in [0, 0.05) is 23.6 Å². The first-order valence-electron chi connectivity index (χ1n) is 11.4. The number of rotatable bonds is 3. The molecule has 6 nitrogen and oxygen atoms in total. The number of hydrogen-bond acceptors (Lipinski definition) is 4. The van der Waals surface area contributed by atoms with Crippen molar-refractivity contribution in [3.63, 3.8) is 0 Å². The lowest BCUT2D eigenvalue weighted by Gasteiger charge is -2.42. The van der Waals surface area contributed by atoms with E-state index in [9.17, 15) is 14.7 Å². The summed E-state index contributed by atoms with van der Waals surface area (Å²) in [6.45, 7) is 6.09. The Morgan fingerprint density at radius 1 is 1.26 bits per heavy atom. The van der Waals surface area contributed by atoms with Crippen LogP contribution in [-0.4, -0.2) is 64.3 Å². The molecule has 1 saturated carbocycles. The molecule has 4 atom stereocenters. The molecule has 0 radical (unpaired) electrons. The molecule has 1 aromatic carbocycles. The molecule has 6 heteroatoms. The predicted molar refractivity (Wildman–Crippen MR) is 118 cm³/mol. The second-order valence-electron chi connectivity index (χ2n) is 9.31. The predicted octanol–water partition coefficient (Wildman–Crippen LogP) is 3.67. The summed E-state index contributed by atoms with van der Waals surface area (Å²) >= 11 is 0. The van der Waals surface area contributed by atoms with Gasteiger partial charge in [0.25, 0.3) is 0 Å². The maximum absolute atomic E-state index is 13.0. The lowest BCUT2D eigenvalue weighted by atomic mass is 9.72. The highest BCUT2D eigenvalue weighted by molar-refractivity contribution is 5.73. The van der Waals surface area contributed by atoms with Crippen molar-refractivity contribution in [3.05, 3.63) is 35.4 Å². The minimum atomic E-state index is -0.943. The summed E-state index contributed by atoms with van der Waals surface area (Å²) in [7, 11) is 0. The van der Waals surface area contributed by atoms with Crippen molar-refractivity contribution in [1.82, 2.24) is 9.80 Å². The van der Waals surface area contributed by atoms with Gasteiger partial charge in [0.15, 0.2) is 5.60 Å². The van der Waals surface area contributed by atoms with Crippen molar-refractivity contribution in [2.24, 2.45) is 5.92 Å². The number of benzene rings is 1. The van der Waals surface area contributed by atoms with E-state index in [1.165, 1.54) is 0 Å². The van der Waals surface area contributed by atoms with Crippen LogP contribution in [0.2, 0.25) is 0 Å². The van der Waals surface area contributed by atoms with Gasteiger partial charge in [-0.3, -0.25) is 9.69 Å². The van der Waals surface area contributed by atoms with Gasteiger partial charge in [-0.1, -0.05) is 18.1 Å². The van der Waals surface area contributed by atoms with Gasteiger partial charge in [0.05, 0.1) is 6.54 Å². The third-order valence-electron chi connectivity index (χ3n) is 7.04. The Morgan fingerprint density at radius 3 is 2.74 bits per heavy atom. The zero-order valence-electron chi connectivity index (χ0n) is 18.5. The molecule has 1 aromatic rings. The van der Waals surface area contributed by atoms with Crippen LogP contribution >= 0.6 is 0 Å². The van der Waals surface area contributed by atoms with Crippen LogP contribution in [0.3, 0.4) is 0 Å². The van der Waals surface area contributed by atoms with Crippen LogP contribution in [0.1, 0.15) is 56.6 Å². The molecule has 3 aliphatic rings. The zero-order chi connectivity index (χ0) is 22.0. The van der Waals surface area contributed by atoms with Crippen LogP contribution in [0.4, 0.5) is 4.79 Å². The van der Waals surface area contributed by atoms with E-state index >= 15 is 0 Å². The Balaban J connectivity index is 1.65. The van der Waals surface area contributed by atoms with Crippen molar-refractivity contribution in [2.45, 2.75) is 70.1 Å². The van der Waals surface area contributed by atoms with Crippen LogP contribution < -0.4 is 0 Å². The molecule has 0 aromatic heterocycles. The highest BCUT2D eigenvalue weighted by atomic mass is 16.6. The number of fused-ring (bicyclic) bond motifs is 1. The number of amides is 1. The summed E-state index contributed by atoms with van der Waals surface area (Å²) in [6.07, 6.45) is 4.22. The first-order chi connectivity index (χ1) is 14.9. The maximum atomic E-state index is 13.0. The molecule has 2 aliphatic heterocycles. The summed E-state index contributed by atoms with van der Waals surface area (Å²) in [4.78, 5) is 28.6. The van der Waals surface area contributed by atoms with E-state index in [0.29, 0.717) is 12.8 Å². The SMILES string of the molecule is Cc1cccc(C#C[C@]2(OC(=O)CN3CCCC3)CCC[C@@H]3[C@H]2CC(C)N3C(=O)O)c1. The molecular weight excluding hydrogens is 392 g/mol. The van der Waals surface area contributed by atoms with E-state index in [2.05, 4.69) is 16.7 Å². The fourth-order valence-electron chi connectivity index (χ4n) is 5.66. The van der Waals surface area contributed by atoms with Gasteiger partial charge < -0.3 is 14.7 Å². The summed E-state index contributed by atoms with van der Waals surface area (Å²) in [5.74, 6) is 6.26. The van der Waals surface area contributed by atoms with E-state index in [1.807, 2.05) is 38.1 Å². The maximum Gasteiger partial charge on any atom is 0.407 e. The molecule has 3 fully saturated rings. The number of carbonyl (C=O) groups is 2. The smallest absolute Gasteiger partial charge is 0.407 e. The number of likely N-dealkylation sites (tertiary alicyclic amines) is 2. The minimum Gasteiger partial charge on any atom is -0.465 e. The van der Waals surface area contributed by atoms with Crippen LogP contribution in [0, 0.1) is 24.7 Å². The van der Waals surface area contributed by atoms with Gasteiger partial charge in [-0.2, -0.15) is 0 Å².